The van der Waals surface area contributed by atoms with E-state index in [1.165, 1.54) is 0 Å². The van der Waals surface area contributed by atoms with E-state index in [0.29, 0.717) is 34.8 Å². The largest absolute Gasteiger partial charge is 0.493 e. The fourth-order valence-corrected chi connectivity index (χ4v) is 2.63. The van der Waals surface area contributed by atoms with Gasteiger partial charge in [0.25, 0.3) is 11.8 Å². The summed E-state index contributed by atoms with van der Waals surface area (Å²) in [6.45, 7) is 3.98. The Morgan fingerprint density at radius 1 is 1.04 bits per heavy atom. The summed E-state index contributed by atoms with van der Waals surface area (Å²) in [4.78, 5) is 24.2. The van der Waals surface area contributed by atoms with Gasteiger partial charge in [-0.3, -0.25) is 14.9 Å². The van der Waals surface area contributed by atoms with Gasteiger partial charge in [0, 0.05) is 11.1 Å². The van der Waals surface area contributed by atoms with Crippen LogP contribution in [0.4, 0.5) is 0 Å². The minimum Gasteiger partial charge on any atom is -0.493 e. The number of hydrogen-bond acceptors (Lipinski definition) is 4. The van der Waals surface area contributed by atoms with Crippen molar-refractivity contribution in [2.24, 2.45) is 0 Å². The van der Waals surface area contributed by atoms with E-state index in [2.05, 4.69) is 11.9 Å². The molecule has 0 unspecified atom stereocenters. The molecule has 2 aromatic carbocycles. The van der Waals surface area contributed by atoms with Crippen LogP contribution in [0.5, 0.6) is 11.5 Å². The minimum absolute atomic E-state index is 0.370. The maximum Gasteiger partial charge on any atom is 0.258 e. The van der Waals surface area contributed by atoms with Gasteiger partial charge in [-0.05, 0) is 35.4 Å². The number of carbonyl (C=O) groups excluding carboxylic acids is 2. The van der Waals surface area contributed by atoms with Gasteiger partial charge in [-0.2, -0.15) is 0 Å². The first-order valence-corrected chi connectivity index (χ1v) is 7.72. The zero-order valence-corrected chi connectivity index (χ0v) is 13.7. The van der Waals surface area contributed by atoms with Crippen LogP contribution in [0.3, 0.4) is 0 Å². The first kappa shape index (κ1) is 16.5. The van der Waals surface area contributed by atoms with Crippen molar-refractivity contribution >= 4 is 23.5 Å². The summed E-state index contributed by atoms with van der Waals surface area (Å²) in [6, 6.07) is 12.4. The molecule has 126 valence electrons. The summed E-state index contributed by atoms with van der Waals surface area (Å²) in [5, 5.41) is 2.36. The minimum atomic E-state index is -0.422. The second kappa shape index (κ2) is 7.05. The highest BCUT2D eigenvalue weighted by atomic mass is 16.5. The standard InChI is InChI=1S/C20H17NO4/c1-3-10-25-17-9-8-13(12-18(17)24-2)11-16-14-6-4-5-7-15(14)19(22)21-20(16)23/h3-9,11-12H,1,10H2,2H3,(H,21,22,23)/b16-11+. The van der Waals surface area contributed by atoms with Crippen molar-refractivity contribution in [1.29, 1.82) is 0 Å². The third-order valence-electron chi connectivity index (χ3n) is 3.79. The molecule has 0 saturated carbocycles. The highest BCUT2D eigenvalue weighted by Gasteiger charge is 2.26. The number of rotatable bonds is 5. The van der Waals surface area contributed by atoms with Gasteiger partial charge in [-0.25, -0.2) is 0 Å². The lowest BCUT2D eigenvalue weighted by molar-refractivity contribution is -0.114. The van der Waals surface area contributed by atoms with Crippen LogP contribution in [0.15, 0.2) is 55.1 Å². The molecule has 3 rings (SSSR count). The monoisotopic (exact) mass is 335 g/mol. The number of carbonyl (C=O) groups is 2. The normalized spacial score (nSPS) is 14.7. The molecule has 1 aliphatic rings. The maximum atomic E-state index is 12.3. The van der Waals surface area contributed by atoms with Gasteiger partial charge in [0.1, 0.15) is 6.61 Å². The van der Waals surface area contributed by atoms with Crippen LogP contribution < -0.4 is 14.8 Å². The predicted molar refractivity (Wildman–Crippen MR) is 95.5 cm³/mol. The molecular formula is C20H17NO4. The lowest BCUT2D eigenvalue weighted by Crippen LogP contribution is -2.36. The van der Waals surface area contributed by atoms with Crippen molar-refractivity contribution in [1.82, 2.24) is 5.32 Å². The summed E-state index contributed by atoms with van der Waals surface area (Å²) < 4.78 is 10.9. The summed E-state index contributed by atoms with van der Waals surface area (Å²) in [5.41, 5.74) is 2.28. The Labute approximate surface area is 145 Å². The number of fused-ring (bicyclic) bond motifs is 1. The van der Waals surface area contributed by atoms with E-state index in [9.17, 15) is 9.59 Å². The third-order valence-corrected chi connectivity index (χ3v) is 3.79. The van der Waals surface area contributed by atoms with Crippen LogP contribution in [0.25, 0.3) is 11.6 Å². The van der Waals surface area contributed by atoms with E-state index < -0.39 is 5.91 Å². The van der Waals surface area contributed by atoms with E-state index in [1.54, 1.807) is 55.7 Å². The highest BCUT2D eigenvalue weighted by molar-refractivity contribution is 6.33. The summed E-state index contributed by atoms with van der Waals surface area (Å²) in [5.74, 6) is 0.336. The summed E-state index contributed by atoms with van der Waals surface area (Å²) in [6.07, 6.45) is 3.37. The van der Waals surface area contributed by atoms with Gasteiger partial charge >= 0.3 is 0 Å². The molecule has 0 bridgehead atoms. The molecule has 0 fully saturated rings. The fraction of sp³-hybridized carbons (Fsp3) is 0.100. The molecule has 25 heavy (non-hydrogen) atoms. The Morgan fingerprint density at radius 3 is 2.52 bits per heavy atom. The van der Waals surface area contributed by atoms with Crippen molar-refractivity contribution in [3.63, 3.8) is 0 Å². The maximum absolute atomic E-state index is 12.3. The molecule has 0 radical (unpaired) electrons. The number of methoxy groups -OCH3 is 1. The Kier molecular flexibility index (Phi) is 4.66. The van der Waals surface area contributed by atoms with Gasteiger partial charge in [0.15, 0.2) is 11.5 Å². The van der Waals surface area contributed by atoms with Crippen LogP contribution in [0, 0.1) is 0 Å². The lowest BCUT2D eigenvalue weighted by Gasteiger charge is -2.18. The van der Waals surface area contributed by atoms with Crippen molar-refractivity contribution in [3.05, 3.63) is 71.8 Å². The van der Waals surface area contributed by atoms with Gasteiger partial charge in [-0.15, -0.1) is 0 Å². The van der Waals surface area contributed by atoms with Crippen LogP contribution >= 0.6 is 0 Å². The molecule has 5 heteroatoms. The Hall–Kier alpha value is -3.34. The smallest absolute Gasteiger partial charge is 0.258 e. The molecule has 2 amide bonds. The summed E-state index contributed by atoms with van der Waals surface area (Å²) in [7, 11) is 1.55. The second-order valence-corrected chi connectivity index (χ2v) is 5.40. The third kappa shape index (κ3) is 3.30. The first-order chi connectivity index (χ1) is 12.1. The average Bonchev–Trinajstić information content (AvgIpc) is 2.63. The van der Waals surface area contributed by atoms with Crippen LogP contribution in [-0.4, -0.2) is 25.5 Å². The van der Waals surface area contributed by atoms with E-state index in [0.717, 1.165) is 5.56 Å². The van der Waals surface area contributed by atoms with Gasteiger partial charge < -0.3 is 9.47 Å². The number of benzene rings is 2. The molecule has 1 heterocycles. The van der Waals surface area contributed by atoms with Crippen molar-refractivity contribution in [2.75, 3.05) is 13.7 Å². The van der Waals surface area contributed by atoms with Crippen molar-refractivity contribution < 1.29 is 19.1 Å². The predicted octanol–water partition coefficient (Wildman–Crippen LogP) is 3.07. The van der Waals surface area contributed by atoms with Crippen molar-refractivity contribution in [3.8, 4) is 11.5 Å². The van der Waals surface area contributed by atoms with Crippen LogP contribution in [0.1, 0.15) is 21.5 Å². The average molecular weight is 335 g/mol. The first-order valence-electron chi connectivity index (χ1n) is 7.72. The molecule has 0 saturated heterocycles. The molecule has 2 aromatic rings. The molecule has 5 nitrogen and oxygen atoms in total. The van der Waals surface area contributed by atoms with E-state index in [4.69, 9.17) is 9.47 Å². The Morgan fingerprint density at radius 2 is 1.80 bits per heavy atom. The van der Waals surface area contributed by atoms with Crippen molar-refractivity contribution in [2.45, 2.75) is 0 Å². The molecule has 0 aromatic heterocycles. The zero-order chi connectivity index (χ0) is 17.8. The number of hydrogen-bond donors (Lipinski definition) is 1. The Balaban J connectivity index is 2.03. The SMILES string of the molecule is C=CCOc1ccc(/C=C2/C(=O)NC(=O)c3ccccc32)cc1OC. The molecule has 0 atom stereocenters. The topological polar surface area (TPSA) is 64.6 Å². The second-order valence-electron chi connectivity index (χ2n) is 5.40. The zero-order valence-electron chi connectivity index (χ0n) is 13.7. The molecule has 1 aliphatic heterocycles. The van der Waals surface area contributed by atoms with E-state index in [1.807, 2.05) is 6.07 Å². The number of ether oxygens (including phenoxy) is 2. The van der Waals surface area contributed by atoms with E-state index >= 15 is 0 Å². The Bertz CT molecular complexity index is 883. The van der Waals surface area contributed by atoms with E-state index in [-0.39, 0.29) is 5.91 Å². The molecule has 0 aliphatic carbocycles. The quantitative estimate of drug-likeness (QED) is 0.518. The lowest BCUT2D eigenvalue weighted by atomic mass is 9.93. The fourth-order valence-electron chi connectivity index (χ4n) is 2.63. The van der Waals surface area contributed by atoms with Gasteiger partial charge in [-0.1, -0.05) is 36.9 Å². The molecule has 1 N–H and O–H groups in total. The highest BCUT2D eigenvalue weighted by Crippen LogP contribution is 2.31. The molecule has 0 spiro atoms. The number of imide groups is 1. The van der Waals surface area contributed by atoms with Crippen LogP contribution in [0.2, 0.25) is 0 Å². The van der Waals surface area contributed by atoms with Gasteiger partial charge in [0.05, 0.1) is 7.11 Å². The van der Waals surface area contributed by atoms with Crippen LogP contribution in [-0.2, 0) is 4.79 Å². The molecular weight excluding hydrogens is 318 g/mol. The summed E-state index contributed by atoms with van der Waals surface area (Å²) >= 11 is 0. The van der Waals surface area contributed by atoms with Gasteiger partial charge in [0.2, 0.25) is 0 Å². The number of amides is 2. The number of nitrogens with one attached hydrogen (secondary N) is 1.